The Bertz CT molecular complexity index is 912. The fourth-order valence-corrected chi connectivity index (χ4v) is 3.60. The normalized spacial score (nSPS) is 11.8. The number of hydrogen-bond donors (Lipinski definition) is 1. The summed E-state index contributed by atoms with van der Waals surface area (Å²) in [6, 6.07) is 11.4. The number of amides is 1. The average molecular weight is 398 g/mol. The molecule has 0 spiro atoms. The highest BCUT2D eigenvalue weighted by Crippen LogP contribution is 2.26. The van der Waals surface area contributed by atoms with Crippen molar-refractivity contribution in [2.45, 2.75) is 37.3 Å². The maximum absolute atomic E-state index is 12.5. The van der Waals surface area contributed by atoms with E-state index in [0.717, 1.165) is 27.9 Å². The van der Waals surface area contributed by atoms with Gasteiger partial charge in [0.05, 0.1) is 12.4 Å². The van der Waals surface area contributed by atoms with Crippen LogP contribution in [0.2, 0.25) is 0 Å². The molecule has 0 aliphatic carbocycles. The van der Waals surface area contributed by atoms with Gasteiger partial charge in [-0.05, 0) is 43.7 Å². The molecule has 2 aromatic heterocycles. The number of ether oxygens (including phenoxy) is 1. The summed E-state index contributed by atoms with van der Waals surface area (Å²) in [5.41, 5.74) is 1.97. The smallest absolute Gasteiger partial charge is 0.233 e. The predicted molar refractivity (Wildman–Crippen MR) is 109 cm³/mol. The van der Waals surface area contributed by atoms with E-state index < -0.39 is 0 Å². The number of thioether (sulfide) groups is 1. The van der Waals surface area contributed by atoms with Crippen LogP contribution in [0.25, 0.3) is 11.4 Å². The highest BCUT2D eigenvalue weighted by atomic mass is 32.2. The molecule has 2 heterocycles. The predicted octanol–water partition coefficient (Wildman–Crippen LogP) is 3.17. The van der Waals surface area contributed by atoms with Crippen molar-refractivity contribution in [2.75, 3.05) is 7.11 Å². The summed E-state index contributed by atoms with van der Waals surface area (Å²) in [7, 11) is 1.63. The molecule has 3 aromatic rings. The van der Waals surface area contributed by atoms with Crippen LogP contribution in [0.3, 0.4) is 0 Å². The Morgan fingerprint density at radius 1 is 1.18 bits per heavy atom. The minimum absolute atomic E-state index is 0.0445. The lowest BCUT2D eigenvalue weighted by atomic mass is 10.2. The van der Waals surface area contributed by atoms with Crippen molar-refractivity contribution in [3.63, 3.8) is 0 Å². The molecule has 1 N–H and O–H groups in total. The van der Waals surface area contributed by atoms with Crippen LogP contribution in [0.4, 0.5) is 0 Å². The van der Waals surface area contributed by atoms with Crippen molar-refractivity contribution < 1.29 is 9.53 Å². The van der Waals surface area contributed by atoms with Crippen LogP contribution in [0.1, 0.15) is 19.4 Å². The van der Waals surface area contributed by atoms with Gasteiger partial charge in [-0.25, -0.2) is 0 Å². The first-order valence-corrected chi connectivity index (χ1v) is 9.91. The third-order valence-electron chi connectivity index (χ3n) is 4.25. The number of hydrogen-bond acceptors (Lipinski definition) is 6. The minimum Gasteiger partial charge on any atom is -0.497 e. The molecule has 1 aromatic carbocycles. The van der Waals surface area contributed by atoms with E-state index in [0.29, 0.717) is 13.1 Å². The molecule has 0 radical (unpaired) electrons. The summed E-state index contributed by atoms with van der Waals surface area (Å²) in [5.74, 6) is 1.53. The first-order valence-electron chi connectivity index (χ1n) is 9.03. The zero-order valence-electron chi connectivity index (χ0n) is 16.1. The third-order valence-corrected chi connectivity index (χ3v) is 5.33. The van der Waals surface area contributed by atoms with E-state index in [2.05, 4.69) is 20.5 Å². The molecule has 1 atom stereocenters. The zero-order chi connectivity index (χ0) is 19.9. The second-order valence-electron chi connectivity index (χ2n) is 6.11. The number of carbonyl (C=O) groups excluding carboxylic acids is 1. The largest absolute Gasteiger partial charge is 0.497 e. The third kappa shape index (κ3) is 4.69. The van der Waals surface area contributed by atoms with Gasteiger partial charge in [-0.15, -0.1) is 10.2 Å². The van der Waals surface area contributed by atoms with Gasteiger partial charge in [0.25, 0.3) is 0 Å². The van der Waals surface area contributed by atoms with Gasteiger partial charge >= 0.3 is 0 Å². The van der Waals surface area contributed by atoms with Crippen LogP contribution < -0.4 is 10.1 Å². The molecular formula is C20H23N5O2S. The van der Waals surface area contributed by atoms with Gasteiger partial charge in [0.2, 0.25) is 5.91 Å². The lowest BCUT2D eigenvalue weighted by molar-refractivity contribution is -0.120. The van der Waals surface area contributed by atoms with E-state index in [1.54, 1.807) is 19.5 Å². The maximum Gasteiger partial charge on any atom is 0.233 e. The number of aromatic nitrogens is 4. The Morgan fingerprint density at radius 2 is 1.89 bits per heavy atom. The summed E-state index contributed by atoms with van der Waals surface area (Å²) in [5, 5.41) is 12.0. The Morgan fingerprint density at radius 3 is 2.54 bits per heavy atom. The molecule has 0 saturated carbocycles. The molecule has 0 saturated heterocycles. The number of benzene rings is 1. The van der Waals surface area contributed by atoms with Crippen molar-refractivity contribution in [2.24, 2.45) is 0 Å². The van der Waals surface area contributed by atoms with Crippen LogP contribution in [-0.4, -0.2) is 38.0 Å². The first kappa shape index (κ1) is 19.9. The molecule has 0 aliphatic rings. The minimum atomic E-state index is -0.293. The first-order chi connectivity index (χ1) is 13.6. The molecule has 0 unspecified atom stereocenters. The van der Waals surface area contributed by atoms with Crippen LogP contribution in [0.15, 0.2) is 53.9 Å². The Hall–Kier alpha value is -2.87. The summed E-state index contributed by atoms with van der Waals surface area (Å²) in [6.07, 6.45) is 3.46. The number of methoxy groups -OCH3 is 1. The second kappa shape index (κ2) is 9.36. The van der Waals surface area contributed by atoms with Gasteiger partial charge in [-0.3, -0.25) is 9.78 Å². The molecule has 0 aliphatic heterocycles. The van der Waals surface area contributed by atoms with E-state index in [1.807, 2.05) is 54.8 Å². The molecule has 8 heteroatoms. The summed E-state index contributed by atoms with van der Waals surface area (Å²) in [6.45, 7) is 5.09. The molecule has 0 bridgehead atoms. The molecule has 0 fully saturated rings. The molecule has 146 valence electrons. The molecule has 7 nitrogen and oxygen atoms in total. The van der Waals surface area contributed by atoms with Crippen LogP contribution >= 0.6 is 11.8 Å². The average Bonchev–Trinajstić information content (AvgIpc) is 3.15. The quantitative estimate of drug-likeness (QED) is 0.588. The number of carbonyl (C=O) groups is 1. The summed E-state index contributed by atoms with van der Waals surface area (Å²) in [4.78, 5) is 16.5. The lowest BCUT2D eigenvalue weighted by Crippen LogP contribution is -2.30. The van der Waals surface area contributed by atoms with Crippen LogP contribution in [0, 0.1) is 0 Å². The van der Waals surface area contributed by atoms with Crippen molar-refractivity contribution in [3.05, 3.63) is 54.4 Å². The monoisotopic (exact) mass is 397 g/mol. The summed E-state index contributed by atoms with van der Waals surface area (Å²) >= 11 is 1.40. The molecule has 1 amide bonds. The number of rotatable bonds is 8. The zero-order valence-corrected chi connectivity index (χ0v) is 16.9. The lowest BCUT2D eigenvalue weighted by Gasteiger charge is -2.13. The van der Waals surface area contributed by atoms with Crippen molar-refractivity contribution in [1.29, 1.82) is 0 Å². The van der Waals surface area contributed by atoms with E-state index in [1.165, 1.54) is 11.8 Å². The number of nitrogens with one attached hydrogen (secondary N) is 1. The molecular weight excluding hydrogens is 374 g/mol. The van der Waals surface area contributed by atoms with Gasteiger partial charge in [0.1, 0.15) is 5.75 Å². The van der Waals surface area contributed by atoms with Crippen molar-refractivity contribution in [3.8, 4) is 17.1 Å². The van der Waals surface area contributed by atoms with Gasteiger partial charge < -0.3 is 14.6 Å². The van der Waals surface area contributed by atoms with E-state index >= 15 is 0 Å². The standard InChI is InChI=1S/C20H23N5O2S/c1-4-25-18(16-9-11-21-12-10-16)23-24-20(25)28-14(2)19(26)22-13-15-5-7-17(27-3)8-6-15/h5-12,14H,4,13H2,1-3H3,(H,22,26)/t14-/m1/s1. The summed E-state index contributed by atoms with van der Waals surface area (Å²) < 4.78 is 7.15. The van der Waals surface area contributed by atoms with E-state index in [4.69, 9.17) is 4.74 Å². The maximum atomic E-state index is 12.5. The van der Waals surface area contributed by atoms with Crippen LogP contribution in [-0.2, 0) is 17.9 Å². The molecule has 3 rings (SSSR count). The van der Waals surface area contributed by atoms with E-state index in [-0.39, 0.29) is 11.2 Å². The van der Waals surface area contributed by atoms with Gasteiger partial charge in [0, 0.05) is 31.0 Å². The molecule has 28 heavy (non-hydrogen) atoms. The highest BCUT2D eigenvalue weighted by Gasteiger charge is 2.20. The van der Waals surface area contributed by atoms with E-state index in [9.17, 15) is 4.79 Å². The second-order valence-corrected chi connectivity index (χ2v) is 7.42. The number of pyridine rings is 1. The Labute approximate surface area is 168 Å². The highest BCUT2D eigenvalue weighted by molar-refractivity contribution is 8.00. The fourth-order valence-electron chi connectivity index (χ4n) is 2.66. The Balaban J connectivity index is 1.62. The van der Waals surface area contributed by atoms with Crippen molar-refractivity contribution >= 4 is 17.7 Å². The van der Waals surface area contributed by atoms with Gasteiger partial charge in [0.15, 0.2) is 11.0 Å². The van der Waals surface area contributed by atoms with Gasteiger partial charge in [-0.2, -0.15) is 0 Å². The SMILES string of the molecule is CCn1c(S[C@H](C)C(=O)NCc2ccc(OC)cc2)nnc1-c1ccncc1. The van der Waals surface area contributed by atoms with Crippen LogP contribution in [0.5, 0.6) is 5.75 Å². The van der Waals surface area contributed by atoms with Crippen molar-refractivity contribution in [1.82, 2.24) is 25.1 Å². The number of nitrogens with zero attached hydrogens (tertiary/aromatic N) is 4. The fraction of sp³-hybridized carbons (Fsp3) is 0.300. The van der Waals surface area contributed by atoms with Gasteiger partial charge in [-0.1, -0.05) is 23.9 Å². The Kier molecular flexibility index (Phi) is 6.65. The topological polar surface area (TPSA) is 81.9 Å².